The van der Waals surface area contributed by atoms with Crippen LogP contribution in [-0.4, -0.2) is 23.8 Å². The summed E-state index contributed by atoms with van der Waals surface area (Å²) in [6.45, 7) is 0. The number of carbonyl (C=O) groups is 2. The van der Waals surface area contributed by atoms with Crippen LogP contribution in [0.15, 0.2) is 60.7 Å². The molecule has 3 aromatic rings. The van der Waals surface area contributed by atoms with E-state index in [-0.39, 0.29) is 23.6 Å². The van der Waals surface area contributed by atoms with E-state index < -0.39 is 5.82 Å². The molecule has 144 valence electrons. The molecular weight excluding hydrogens is 369 g/mol. The van der Waals surface area contributed by atoms with Gasteiger partial charge in [0.25, 0.3) is 11.8 Å². The topological polar surface area (TPSA) is 46.6 Å². The highest BCUT2D eigenvalue weighted by molar-refractivity contribution is 6.21. The predicted molar refractivity (Wildman–Crippen MR) is 106 cm³/mol. The lowest BCUT2D eigenvalue weighted by atomic mass is 9.96. The Bertz CT molecular complexity index is 1140. The van der Waals surface area contributed by atoms with E-state index in [0.29, 0.717) is 17.5 Å². The van der Waals surface area contributed by atoms with Gasteiger partial charge in [-0.25, -0.2) is 4.39 Å². The number of ether oxygens (including phenoxy) is 1. The van der Waals surface area contributed by atoms with E-state index in [1.807, 2.05) is 24.3 Å². The molecule has 1 aliphatic carbocycles. The lowest BCUT2D eigenvalue weighted by Crippen LogP contribution is -2.33. The maximum absolute atomic E-state index is 14.2. The number of carbonyl (C=O) groups excluding carboxylic acids is 2. The van der Waals surface area contributed by atoms with Gasteiger partial charge in [-0.3, -0.25) is 14.5 Å². The first kappa shape index (κ1) is 17.6. The van der Waals surface area contributed by atoms with Crippen molar-refractivity contribution in [2.24, 2.45) is 0 Å². The first-order valence-corrected chi connectivity index (χ1v) is 9.52. The van der Waals surface area contributed by atoms with E-state index >= 15 is 0 Å². The molecule has 0 radical (unpaired) electrons. The summed E-state index contributed by atoms with van der Waals surface area (Å²) in [5, 5.41) is 0. The van der Waals surface area contributed by atoms with E-state index in [9.17, 15) is 14.0 Å². The molecule has 1 unspecified atom stereocenters. The second kappa shape index (κ2) is 6.55. The Morgan fingerprint density at radius 3 is 2.28 bits per heavy atom. The van der Waals surface area contributed by atoms with Gasteiger partial charge in [0.15, 0.2) is 11.6 Å². The Morgan fingerprint density at radius 1 is 0.931 bits per heavy atom. The summed E-state index contributed by atoms with van der Waals surface area (Å²) < 4.78 is 19.3. The Labute approximate surface area is 167 Å². The van der Waals surface area contributed by atoms with Crippen LogP contribution in [0.5, 0.6) is 5.75 Å². The molecule has 5 rings (SSSR count). The zero-order valence-electron chi connectivity index (χ0n) is 15.8. The predicted octanol–water partition coefficient (Wildman–Crippen LogP) is 4.78. The van der Waals surface area contributed by atoms with Crippen LogP contribution < -0.4 is 4.74 Å². The fraction of sp³-hybridized carbons (Fsp3) is 0.167. The second-order valence-corrected chi connectivity index (χ2v) is 7.30. The molecule has 3 aromatic carbocycles. The molecule has 2 amide bonds. The normalized spacial score (nSPS) is 17.4. The van der Waals surface area contributed by atoms with Gasteiger partial charge in [-0.15, -0.1) is 0 Å². The average molecular weight is 387 g/mol. The lowest BCUT2D eigenvalue weighted by Gasteiger charge is -2.23. The van der Waals surface area contributed by atoms with Gasteiger partial charge in [0.1, 0.15) is 0 Å². The van der Waals surface area contributed by atoms with Crippen LogP contribution in [0.2, 0.25) is 0 Å². The van der Waals surface area contributed by atoms with Gasteiger partial charge >= 0.3 is 0 Å². The van der Waals surface area contributed by atoms with Crippen molar-refractivity contribution in [1.82, 2.24) is 4.90 Å². The van der Waals surface area contributed by atoms with Crippen LogP contribution in [-0.2, 0) is 6.42 Å². The summed E-state index contributed by atoms with van der Waals surface area (Å²) in [4.78, 5) is 27.2. The number of methoxy groups -OCH3 is 1. The summed E-state index contributed by atoms with van der Waals surface area (Å²) in [6.07, 6.45) is 1.38. The Morgan fingerprint density at radius 2 is 1.62 bits per heavy atom. The van der Waals surface area contributed by atoms with Crippen molar-refractivity contribution in [2.75, 3.05) is 7.11 Å². The van der Waals surface area contributed by atoms with Gasteiger partial charge in [0.2, 0.25) is 0 Å². The minimum atomic E-state index is -0.419. The van der Waals surface area contributed by atoms with E-state index in [0.717, 1.165) is 28.7 Å². The number of fused-ring (bicyclic) bond motifs is 2. The molecule has 1 heterocycles. The van der Waals surface area contributed by atoms with Crippen molar-refractivity contribution in [3.05, 3.63) is 88.7 Å². The quantitative estimate of drug-likeness (QED) is 0.608. The molecule has 0 saturated heterocycles. The zero-order chi connectivity index (χ0) is 20.1. The van der Waals surface area contributed by atoms with Crippen molar-refractivity contribution < 1.29 is 18.7 Å². The van der Waals surface area contributed by atoms with Gasteiger partial charge < -0.3 is 4.74 Å². The molecule has 5 heteroatoms. The van der Waals surface area contributed by atoms with Crippen molar-refractivity contribution in [3.63, 3.8) is 0 Å². The van der Waals surface area contributed by atoms with Crippen LogP contribution in [0.4, 0.5) is 4.39 Å². The molecule has 0 fully saturated rings. The molecule has 29 heavy (non-hydrogen) atoms. The number of amides is 2. The molecule has 0 N–H and O–H groups in total. The number of benzene rings is 3. The maximum atomic E-state index is 14.2. The van der Waals surface area contributed by atoms with Crippen LogP contribution in [0.1, 0.15) is 44.3 Å². The smallest absolute Gasteiger partial charge is 0.262 e. The molecule has 4 nitrogen and oxygen atoms in total. The van der Waals surface area contributed by atoms with E-state index in [1.54, 1.807) is 30.3 Å². The molecule has 0 aromatic heterocycles. The molecule has 0 saturated carbocycles. The van der Waals surface area contributed by atoms with Gasteiger partial charge in [-0.2, -0.15) is 0 Å². The Balaban J connectivity index is 1.56. The summed E-state index contributed by atoms with van der Waals surface area (Å²) >= 11 is 0. The minimum absolute atomic E-state index is 0.199. The first-order valence-electron chi connectivity index (χ1n) is 9.52. The van der Waals surface area contributed by atoms with Crippen LogP contribution in [0, 0.1) is 5.82 Å². The van der Waals surface area contributed by atoms with Gasteiger partial charge in [0.05, 0.1) is 24.3 Å². The highest BCUT2D eigenvalue weighted by Crippen LogP contribution is 2.43. The fourth-order valence-electron chi connectivity index (χ4n) is 4.50. The molecule has 2 aliphatic rings. The van der Waals surface area contributed by atoms with Crippen LogP contribution >= 0.6 is 0 Å². The minimum Gasteiger partial charge on any atom is -0.494 e. The number of halogens is 1. The number of hydrogen-bond donors (Lipinski definition) is 0. The van der Waals surface area contributed by atoms with E-state index in [4.69, 9.17) is 4.74 Å². The summed E-state index contributed by atoms with van der Waals surface area (Å²) in [6, 6.07) is 17.3. The van der Waals surface area contributed by atoms with E-state index in [1.165, 1.54) is 18.1 Å². The molecule has 0 spiro atoms. The maximum Gasteiger partial charge on any atom is 0.262 e. The third kappa shape index (κ3) is 2.58. The zero-order valence-corrected chi connectivity index (χ0v) is 15.8. The molecule has 1 atom stereocenters. The number of nitrogens with zero attached hydrogens (tertiary/aromatic N) is 1. The SMILES string of the molecule is COc1ccc(-c2cccc3c2CCC3N2C(=O)c3ccccc3C2=O)cc1F. The fourth-order valence-corrected chi connectivity index (χ4v) is 4.50. The Hall–Kier alpha value is -3.47. The monoisotopic (exact) mass is 387 g/mol. The summed E-state index contributed by atoms with van der Waals surface area (Å²) in [7, 11) is 1.44. The molecule has 0 bridgehead atoms. The first-order chi connectivity index (χ1) is 14.1. The van der Waals surface area contributed by atoms with E-state index in [2.05, 4.69) is 0 Å². The second-order valence-electron chi connectivity index (χ2n) is 7.30. The number of rotatable bonds is 3. The standard InChI is InChI=1S/C24H18FNO3/c1-29-22-12-9-14(13-20(22)25)15-7-4-8-17-16(15)10-11-21(17)26-23(27)18-5-2-3-6-19(18)24(26)28/h2-9,12-13,21H,10-11H2,1H3. The molecular formula is C24H18FNO3. The number of hydrogen-bond acceptors (Lipinski definition) is 3. The lowest BCUT2D eigenvalue weighted by molar-refractivity contribution is 0.0582. The third-order valence-electron chi connectivity index (χ3n) is 5.84. The largest absolute Gasteiger partial charge is 0.494 e. The summed E-state index contributed by atoms with van der Waals surface area (Å²) in [5.74, 6) is -0.712. The summed E-state index contributed by atoms with van der Waals surface area (Å²) in [5.41, 5.74) is 4.59. The molecule has 1 aliphatic heterocycles. The third-order valence-corrected chi connectivity index (χ3v) is 5.84. The van der Waals surface area contributed by atoms with Crippen LogP contribution in [0.3, 0.4) is 0 Å². The van der Waals surface area contributed by atoms with Crippen molar-refractivity contribution in [3.8, 4) is 16.9 Å². The van der Waals surface area contributed by atoms with Gasteiger partial charge in [-0.05, 0) is 59.4 Å². The van der Waals surface area contributed by atoms with Crippen molar-refractivity contribution >= 4 is 11.8 Å². The average Bonchev–Trinajstić information content (AvgIpc) is 3.27. The van der Waals surface area contributed by atoms with Crippen LogP contribution in [0.25, 0.3) is 11.1 Å². The highest BCUT2D eigenvalue weighted by Gasteiger charge is 2.42. The number of imide groups is 1. The van der Waals surface area contributed by atoms with Crippen molar-refractivity contribution in [2.45, 2.75) is 18.9 Å². The van der Waals surface area contributed by atoms with Crippen molar-refractivity contribution in [1.29, 1.82) is 0 Å². The van der Waals surface area contributed by atoms with Gasteiger partial charge in [-0.1, -0.05) is 36.4 Å². The Kier molecular flexibility index (Phi) is 3.98. The van der Waals surface area contributed by atoms with Gasteiger partial charge in [0, 0.05) is 0 Å². The highest BCUT2D eigenvalue weighted by atomic mass is 19.1.